The van der Waals surface area contributed by atoms with Gasteiger partial charge in [0.2, 0.25) is 0 Å². The number of rotatable bonds is 6. The molecular formula is C27H36F3N5O3S. The van der Waals surface area contributed by atoms with Crippen LogP contribution in [0.5, 0.6) is 0 Å². The Hall–Kier alpha value is -2.89. The van der Waals surface area contributed by atoms with Gasteiger partial charge >= 0.3 is 12.3 Å². The summed E-state index contributed by atoms with van der Waals surface area (Å²) in [5, 5.41) is 12.6. The number of aromatic nitrogens is 2. The molecule has 8 nitrogen and oxygen atoms in total. The fourth-order valence-corrected chi connectivity index (χ4v) is 6.95. The highest BCUT2D eigenvalue weighted by Crippen LogP contribution is 2.41. The lowest BCUT2D eigenvalue weighted by atomic mass is 9.70. The maximum Gasteiger partial charge on any atom is 0.435 e. The summed E-state index contributed by atoms with van der Waals surface area (Å²) in [6.07, 6.45) is 3.28. The van der Waals surface area contributed by atoms with Gasteiger partial charge in [0, 0.05) is 49.0 Å². The number of piperidine rings is 1. The highest BCUT2D eigenvalue weighted by Gasteiger charge is 2.42. The molecule has 2 aromatic heterocycles. The molecular weight excluding hydrogens is 531 g/mol. The SMILES string of the molecule is CC(C)(C)N(C(=O)O)C1CCN(c2nc(C(F)(F)F)c(C(=O)NCC3(c4cccnc4)CCCCC3)s2)CC1. The van der Waals surface area contributed by atoms with Gasteiger partial charge in [-0.1, -0.05) is 36.7 Å². The van der Waals surface area contributed by atoms with Crippen LogP contribution in [0.15, 0.2) is 24.5 Å². The van der Waals surface area contributed by atoms with Crippen molar-refractivity contribution in [1.82, 2.24) is 20.2 Å². The van der Waals surface area contributed by atoms with E-state index in [9.17, 15) is 27.9 Å². The number of pyridine rings is 1. The summed E-state index contributed by atoms with van der Waals surface area (Å²) >= 11 is 0.744. The summed E-state index contributed by atoms with van der Waals surface area (Å²) in [4.78, 5) is 35.8. The van der Waals surface area contributed by atoms with Crippen LogP contribution in [0.4, 0.5) is 23.1 Å². The second kappa shape index (κ2) is 11.3. The van der Waals surface area contributed by atoms with Gasteiger partial charge in [-0.25, -0.2) is 9.78 Å². The van der Waals surface area contributed by atoms with Gasteiger partial charge in [-0.15, -0.1) is 0 Å². The number of carbonyl (C=O) groups is 2. The number of thiazole rings is 1. The van der Waals surface area contributed by atoms with E-state index in [4.69, 9.17) is 0 Å². The lowest BCUT2D eigenvalue weighted by Crippen LogP contribution is -2.54. The molecule has 1 saturated carbocycles. The molecule has 0 spiro atoms. The van der Waals surface area contributed by atoms with Gasteiger partial charge in [0.25, 0.3) is 5.91 Å². The van der Waals surface area contributed by atoms with Crippen molar-refractivity contribution in [2.24, 2.45) is 0 Å². The monoisotopic (exact) mass is 567 g/mol. The van der Waals surface area contributed by atoms with Gasteiger partial charge in [-0.05, 0) is 58.1 Å². The summed E-state index contributed by atoms with van der Waals surface area (Å²) in [6.45, 7) is 6.38. The predicted octanol–water partition coefficient (Wildman–Crippen LogP) is 5.94. The average molecular weight is 568 g/mol. The molecule has 214 valence electrons. The van der Waals surface area contributed by atoms with Gasteiger partial charge in [0.05, 0.1) is 0 Å². The third-order valence-electron chi connectivity index (χ3n) is 7.79. The lowest BCUT2D eigenvalue weighted by molar-refractivity contribution is -0.141. The number of hydrogen-bond donors (Lipinski definition) is 2. The smallest absolute Gasteiger partial charge is 0.435 e. The minimum absolute atomic E-state index is 0.128. The standard InChI is InChI=1S/C27H36F3N5O3S/c1-25(2,3)35(24(37)38)19-9-14-34(15-10-19)23-33-21(27(28,29)30)20(39-23)22(36)32-17-26(11-5-4-6-12-26)18-8-7-13-31-16-18/h7-8,13,16,19H,4-6,9-12,14-15,17H2,1-3H3,(H,32,36)(H,37,38). The summed E-state index contributed by atoms with van der Waals surface area (Å²) in [5.41, 5.74) is -1.15. The Morgan fingerprint density at radius 1 is 1.18 bits per heavy atom. The minimum atomic E-state index is -4.78. The number of halogens is 3. The van der Waals surface area contributed by atoms with E-state index in [2.05, 4.69) is 15.3 Å². The molecule has 12 heteroatoms. The van der Waals surface area contributed by atoms with Crippen molar-refractivity contribution in [3.05, 3.63) is 40.7 Å². The molecule has 0 bridgehead atoms. The molecule has 2 aromatic rings. The maximum atomic E-state index is 14.0. The molecule has 0 aromatic carbocycles. The van der Waals surface area contributed by atoms with Crippen LogP contribution in [-0.2, 0) is 11.6 Å². The number of nitrogens with zero attached hydrogens (tertiary/aromatic N) is 4. The molecule has 2 fully saturated rings. The third-order valence-corrected chi connectivity index (χ3v) is 8.91. The van der Waals surface area contributed by atoms with Crippen molar-refractivity contribution in [2.45, 2.75) is 88.9 Å². The molecule has 2 amide bonds. The van der Waals surface area contributed by atoms with Gasteiger partial charge < -0.3 is 20.2 Å². The first-order valence-electron chi connectivity index (χ1n) is 13.4. The third kappa shape index (κ3) is 6.47. The van der Waals surface area contributed by atoms with E-state index >= 15 is 0 Å². The Balaban J connectivity index is 1.51. The Kier molecular flexibility index (Phi) is 8.44. The molecule has 39 heavy (non-hydrogen) atoms. The Bertz CT molecular complexity index is 1150. The Morgan fingerprint density at radius 3 is 2.38 bits per heavy atom. The van der Waals surface area contributed by atoms with Crippen LogP contribution in [0.25, 0.3) is 0 Å². The fraction of sp³-hybridized carbons (Fsp3) is 0.630. The first-order chi connectivity index (χ1) is 18.3. The fourth-order valence-electron chi connectivity index (χ4n) is 5.90. The van der Waals surface area contributed by atoms with Crippen molar-refractivity contribution >= 4 is 28.5 Å². The van der Waals surface area contributed by atoms with Crippen LogP contribution >= 0.6 is 11.3 Å². The Labute approximate surface area is 230 Å². The molecule has 0 atom stereocenters. The molecule has 2 N–H and O–H groups in total. The topological polar surface area (TPSA) is 98.7 Å². The zero-order chi connectivity index (χ0) is 28.4. The highest BCUT2D eigenvalue weighted by molar-refractivity contribution is 7.17. The number of nitrogens with one attached hydrogen (secondary N) is 1. The van der Waals surface area contributed by atoms with Crippen molar-refractivity contribution in [3.63, 3.8) is 0 Å². The quantitative estimate of drug-likeness (QED) is 0.449. The molecule has 4 rings (SSSR count). The Morgan fingerprint density at radius 2 is 1.85 bits per heavy atom. The number of anilines is 1. The van der Waals surface area contributed by atoms with Crippen LogP contribution in [0.3, 0.4) is 0 Å². The zero-order valence-corrected chi connectivity index (χ0v) is 23.4. The van der Waals surface area contributed by atoms with E-state index in [-0.39, 0.29) is 23.1 Å². The number of carboxylic acid groups (broad SMARTS) is 1. The summed E-state index contributed by atoms with van der Waals surface area (Å²) < 4.78 is 41.9. The van der Waals surface area contributed by atoms with Gasteiger partial charge in [-0.2, -0.15) is 13.2 Å². The molecule has 1 aliphatic heterocycles. The van der Waals surface area contributed by atoms with E-state index < -0.39 is 34.3 Å². The molecule has 1 aliphatic carbocycles. The van der Waals surface area contributed by atoms with Gasteiger partial charge in [0.1, 0.15) is 4.88 Å². The summed E-state index contributed by atoms with van der Waals surface area (Å²) in [5.74, 6) is -0.778. The van der Waals surface area contributed by atoms with E-state index in [1.807, 2.05) is 32.9 Å². The largest absolute Gasteiger partial charge is 0.465 e. The normalized spacial score (nSPS) is 18.6. The molecule has 3 heterocycles. The van der Waals surface area contributed by atoms with Crippen LogP contribution in [0.1, 0.15) is 86.6 Å². The summed E-state index contributed by atoms with van der Waals surface area (Å²) in [7, 11) is 0. The van der Waals surface area contributed by atoms with E-state index in [1.54, 1.807) is 17.3 Å². The molecule has 0 unspecified atom stereocenters. The van der Waals surface area contributed by atoms with Crippen molar-refractivity contribution in [1.29, 1.82) is 0 Å². The van der Waals surface area contributed by atoms with E-state index in [0.717, 1.165) is 49.0 Å². The van der Waals surface area contributed by atoms with Gasteiger partial charge in [0.15, 0.2) is 10.8 Å². The van der Waals surface area contributed by atoms with Crippen LogP contribution in [0, 0.1) is 0 Å². The molecule has 0 radical (unpaired) electrons. The first kappa shape index (κ1) is 29.1. The zero-order valence-electron chi connectivity index (χ0n) is 22.6. The number of alkyl halides is 3. The average Bonchev–Trinajstić information content (AvgIpc) is 3.34. The van der Waals surface area contributed by atoms with Gasteiger partial charge in [-0.3, -0.25) is 9.78 Å². The number of carbonyl (C=O) groups excluding carboxylic acids is 1. The summed E-state index contributed by atoms with van der Waals surface area (Å²) in [6, 6.07) is 3.55. The van der Waals surface area contributed by atoms with Crippen LogP contribution < -0.4 is 10.2 Å². The van der Waals surface area contributed by atoms with E-state index in [0.29, 0.717) is 25.9 Å². The second-order valence-electron chi connectivity index (χ2n) is 11.5. The second-order valence-corrected chi connectivity index (χ2v) is 12.5. The lowest BCUT2D eigenvalue weighted by Gasteiger charge is -2.43. The van der Waals surface area contributed by atoms with Crippen molar-refractivity contribution in [3.8, 4) is 0 Å². The highest BCUT2D eigenvalue weighted by atomic mass is 32.1. The molecule has 1 saturated heterocycles. The van der Waals surface area contributed by atoms with Crippen LogP contribution in [-0.4, -0.2) is 63.2 Å². The molecule has 2 aliphatic rings. The predicted molar refractivity (Wildman–Crippen MR) is 143 cm³/mol. The number of amides is 2. The van der Waals surface area contributed by atoms with Crippen molar-refractivity contribution < 1.29 is 27.9 Å². The minimum Gasteiger partial charge on any atom is -0.465 e. The van der Waals surface area contributed by atoms with Crippen molar-refractivity contribution in [2.75, 3.05) is 24.5 Å². The van der Waals surface area contributed by atoms with Crippen LogP contribution in [0.2, 0.25) is 0 Å². The maximum absolute atomic E-state index is 14.0. The van der Waals surface area contributed by atoms with E-state index in [1.165, 1.54) is 4.90 Å². The first-order valence-corrected chi connectivity index (χ1v) is 14.2. The number of hydrogen-bond acceptors (Lipinski definition) is 6.